The van der Waals surface area contributed by atoms with Gasteiger partial charge in [0.15, 0.2) is 5.69 Å². The Hall–Kier alpha value is -2.42. The molecule has 3 amide bonds. The summed E-state index contributed by atoms with van der Waals surface area (Å²) in [5.74, 6) is 0.0903. The number of carbonyl (C=O) groups excluding carboxylic acids is 3. The van der Waals surface area contributed by atoms with E-state index in [1.807, 2.05) is 14.1 Å². The zero-order valence-corrected chi connectivity index (χ0v) is 19.2. The number of hydrogen-bond acceptors (Lipinski definition) is 5. The highest BCUT2D eigenvalue weighted by molar-refractivity contribution is 5.94. The third kappa shape index (κ3) is 5.64. The van der Waals surface area contributed by atoms with Gasteiger partial charge in [-0.15, -0.1) is 0 Å². The van der Waals surface area contributed by atoms with Crippen LogP contribution >= 0.6 is 0 Å². The van der Waals surface area contributed by atoms with Crippen LogP contribution in [0.1, 0.15) is 54.9 Å². The van der Waals surface area contributed by atoms with Gasteiger partial charge in [-0.1, -0.05) is 13.8 Å². The number of likely N-dealkylation sites (N-methyl/N-ethyl adjacent to an activating group) is 1. The normalized spacial score (nSPS) is 22.0. The molecular weight excluding hydrogens is 396 g/mol. The average molecular weight is 433 g/mol. The molecule has 2 heterocycles. The van der Waals surface area contributed by atoms with E-state index in [0.29, 0.717) is 57.1 Å². The maximum Gasteiger partial charge on any atom is 0.272 e. The molecule has 0 saturated carbocycles. The minimum atomic E-state index is -0.170. The van der Waals surface area contributed by atoms with Crippen LogP contribution in [0.4, 0.5) is 0 Å². The predicted molar refractivity (Wildman–Crippen MR) is 118 cm³/mol. The smallest absolute Gasteiger partial charge is 0.272 e. The second-order valence-corrected chi connectivity index (χ2v) is 9.08. The largest absolute Gasteiger partial charge is 0.349 e. The molecule has 1 unspecified atom stereocenters. The van der Waals surface area contributed by atoms with Crippen molar-refractivity contribution in [2.45, 2.75) is 52.0 Å². The number of carbonyl (C=O) groups is 3. The van der Waals surface area contributed by atoms with E-state index in [-0.39, 0.29) is 30.3 Å². The molecular formula is C22H36N6O3. The summed E-state index contributed by atoms with van der Waals surface area (Å²) in [4.78, 5) is 42.1. The van der Waals surface area contributed by atoms with E-state index in [4.69, 9.17) is 0 Å². The van der Waals surface area contributed by atoms with Crippen molar-refractivity contribution in [3.05, 3.63) is 17.0 Å². The molecule has 2 bridgehead atoms. The van der Waals surface area contributed by atoms with Gasteiger partial charge in [0, 0.05) is 57.4 Å². The highest BCUT2D eigenvalue weighted by atomic mass is 16.2. The first-order valence-electron chi connectivity index (χ1n) is 11.3. The standard InChI is InChI=1S/C22H36N6O3/c1-15(2)13-28-14-20(30)26(3)16-7-8-18-17(12-16)21(25-27(18)4)22(31)24-11-10-23-9-5-6-19(28)29/h15-16,23H,5-14H2,1-4H3,(H,24,31). The summed E-state index contributed by atoms with van der Waals surface area (Å²) < 4.78 is 1.79. The fourth-order valence-electron chi connectivity index (χ4n) is 4.45. The van der Waals surface area contributed by atoms with Crippen molar-refractivity contribution in [2.24, 2.45) is 13.0 Å². The Labute approximate surface area is 184 Å². The maximum absolute atomic E-state index is 13.1. The topological polar surface area (TPSA) is 99.6 Å². The van der Waals surface area contributed by atoms with Crippen LogP contribution in [-0.4, -0.2) is 83.1 Å². The summed E-state index contributed by atoms with van der Waals surface area (Å²) in [7, 11) is 3.68. The van der Waals surface area contributed by atoms with Gasteiger partial charge in [-0.25, -0.2) is 0 Å². The predicted octanol–water partition coefficient (Wildman–Crippen LogP) is 0.334. The molecule has 1 aromatic heterocycles. The Kier molecular flexibility index (Phi) is 7.69. The number of nitrogens with zero attached hydrogens (tertiary/aromatic N) is 4. The first kappa shape index (κ1) is 23.2. The number of nitrogens with one attached hydrogen (secondary N) is 2. The lowest BCUT2D eigenvalue weighted by molar-refractivity contribution is -0.141. The van der Waals surface area contributed by atoms with Crippen molar-refractivity contribution in [3.63, 3.8) is 0 Å². The molecule has 0 spiro atoms. The van der Waals surface area contributed by atoms with Gasteiger partial charge in [-0.2, -0.15) is 5.10 Å². The van der Waals surface area contributed by atoms with E-state index in [1.165, 1.54) is 0 Å². The highest BCUT2D eigenvalue weighted by Gasteiger charge is 2.32. The number of fused-ring (bicyclic) bond motifs is 1. The Morgan fingerprint density at radius 2 is 1.84 bits per heavy atom. The van der Waals surface area contributed by atoms with Crippen molar-refractivity contribution in [1.29, 1.82) is 0 Å². The van der Waals surface area contributed by atoms with Crippen molar-refractivity contribution in [2.75, 3.05) is 39.8 Å². The van der Waals surface area contributed by atoms with E-state index < -0.39 is 0 Å². The van der Waals surface area contributed by atoms with Crippen molar-refractivity contribution >= 4 is 17.7 Å². The molecule has 1 atom stereocenters. The fraction of sp³-hybridized carbons (Fsp3) is 0.727. The first-order chi connectivity index (χ1) is 14.8. The number of amides is 3. The molecule has 1 aromatic rings. The Morgan fingerprint density at radius 1 is 1.06 bits per heavy atom. The monoisotopic (exact) mass is 432 g/mol. The fourth-order valence-corrected chi connectivity index (χ4v) is 4.45. The average Bonchev–Trinajstić information content (AvgIpc) is 3.06. The molecule has 0 fully saturated rings. The van der Waals surface area contributed by atoms with Crippen LogP contribution in [0, 0.1) is 5.92 Å². The zero-order chi connectivity index (χ0) is 22.5. The quantitative estimate of drug-likeness (QED) is 0.702. The van der Waals surface area contributed by atoms with Crippen LogP contribution in [0.3, 0.4) is 0 Å². The van der Waals surface area contributed by atoms with Gasteiger partial charge in [0.1, 0.15) is 0 Å². The lowest BCUT2D eigenvalue weighted by Crippen LogP contribution is -2.47. The van der Waals surface area contributed by atoms with Crippen LogP contribution < -0.4 is 10.6 Å². The van der Waals surface area contributed by atoms with Crippen molar-refractivity contribution in [3.8, 4) is 0 Å². The second-order valence-electron chi connectivity index (χ2n) is 9.08. The number of hydrogen-bond donors (Lipinski definition) is 2. The van der Waals surface area contributed by atoms with E-state index in [1.54, 1.807) is 14.5 Å². The van der Waals surface area contributed by atoms with Gasteiger partial charge in [0.05, 0.1) is 6.54 Å². The maximum atomic E-state index is 13.1. The molecule has 1 aliphatic heterocycles. The molecule has 1 aliphatic carbocycles. The lowest BCUT2D eigenvalue weighted by atomic mass is 9.90. The second kappa shape index (κ2) is 10.3. The summed E-state index contributed by atoms with van der Waals surface area (Å²) in [6.07, 6.45) is 3.29. The third-order valence-corrected chi connectivity index (χ3v) is 6.18. The minimum absolute atomic E-state index is 0.0101. The summed E-state index contributed by atoms with van der Waals surface area (Å²) >= 11 is 0. The Bertz CT molecular complexity index is 818. The molecule has 0 aromatic carbocycles. The summed E-state index contributed by atoms with van der Waals surface area (Å²) in [6, 6.07) is -0.0101. The summed E-state index contributed by atoms with van der Waals surface area (Å²) in [5.41, 5.74) is 2.46. The highest BCUT2D eigenvalue weighted by Crippen LogP contribution is 2.27. The molecule has 0 radical (unpaired) electrons. The molecule has 2 aliphatic rings. The van der Waals surface area contributed by atoms with Crippen LogP contribution in [0.5, 0.6) is 0 Å². The summed E-state index contributed by atoms with van der Waals surface area (Å²) in [5, 5.41) is 10.7. The molecule has 31 heavy (non-hydrogen) atoms. The SMILES string of the molecule is CC(C)CN1CC(=O)N(C)C2CCc3c(c(nn3C)C(=O)NCCNCCCC1=O)C2. The van der Waals surface area contributed by atoms with Crippen molar-refractivity contribution in [1.82, 2.24) is 30.2 Å². The van der Waals surface area contributed by atoms with Crippen molar-refractivity contribution < 1.29 is 14.4 Å². The minimum Gasteiger partial charge on any atom is -0.349 e. The van der Waals surface area contributed by atoms with Gasteiger partial charge in [-0.05, 0) is 38.1 Å². The van der Waals surface area contributed by atoms with Gasteiger partial charge in [0.2, 0.25) is 11.8 Å². The number of aryl methyl sites for hydroxylation is 1. The van der Waals surface area contributed by atoms with Gasteiger partial charge in [0.25, 0.3) is 5.91 Å². The van der Waals surface area contributed by atoms with Crippen LogP contribution in [0.25, 0.3) is 0 Å². The molecule has 9 heteroatoms. The molecule has 9 nitrogen and oxygen atoms in total. The van der Waals surface area contributed by atoms with Crippen LogP contribution in [0.2, 0.25) is 0 Å². The van der Waals surface area contributed by atoms with Crippen LogP contribution in [0.15, 0.2) is 0 Å². The molecule has 2 N–H and O–H groups in total. The Balaban J connectivity index is 1.83. The van der Waals surface area contributed by atoms with E-state index in [0.717, 1.165) is 24.1 Å². The third-order valence-electron chi connectivity index (χ3n) is 6.18. The van der Waals surface area contributed by atoms with Gasteiger partial charge >= 0.3 is 0 Å². The van der Waals surface area contributed by atoms with E-state index >= 15 is 0 Å². The van der Waals surface area contributed by atoms with E-state index in [9.17, 15) is 14.4 Å². The van der Waals surface area contributed by atoms with Crippen LogP contribution in [-0.2, 0) is 29.5 Å². The first-order valence-corrected chi connectivity index (χ1v) is 11.3. The van der Waals surface area contributed by atoms with Gasteiger partial charge < -0.3 is 20.4 Å². The Morgan fingerprint density at radius 3 is 2.58 bits per heavy atom. The molecule has 172 valence electrons. The summed E-state index contributed by atoms with van der Waals surface area (Å²) in [6.45, 7) is 6.61. The van der Waals surface area contributed by atoms with Gasteiger partial charge in [-0.3, -0.25) is 19.1 Å². The number of aromatic nitrogens is 2. The molecule has 3 rings (SSSR count). The number of rotatable bonds is 2. The molecule has 0 saturated heterocycles. The zero-order valence-electron chi connectivity index (χ0n) is 19.2. The lowest BCUT2D eigenvalue weighted by Gasteiger charge is -2.33. The van der Waals surface area contributed by atoms with E-state index in [2.05, 4.69) is 29.6 Å².